The molecule has 3 heteroatoms. The third-order valence-corrected chi connectivity index (χ3v) is 4.63. The number of thioether (sulfide) groups is 1. The first-order valence-corrected chi connectivity index (χ1v) is 7.43. The summed E-state index contributed by atoms with van der Waals surface area (Å²) in [7, 11) is 0. The number of fused-ring (bicyclic) bond motifs is 1. The van der Waals surface area contributed by atoms with Gasteiger partial charge in [0, 0.05) is 10.5 Å². The van der Waals surface area contributed by atoms with Gasteiger partial charge in [-0.2, -0.15) is 0 Å². The lowest BCUT2D eigenvalue weighted by molar-refractivity contribution is 0.104. The van der Waals surface area contributed by atoms with E-state index < -0.39 is 0 Å². The van der Waals surface area contributed by atoms with Gasteiger partial charge in [-0.15, -0.1) is 0 Å². The minimum atomic E-state index is 0.0324. The molecule has 1 aliphatic rings. The van der Waals surface area contributed by atoms with Gasteiger partial charge in [0.2, 0.25) is 5.78 Å². The maximum absolute atomic E-state index is 12.4. The van der Waals surface area contributed by atoms with Gasteiger partial charge in [0.25, 0.3) is 0 Å². The molecule has 0 fully saturated rings. The third kappa shape index (κ3) is 2.14. The summed E-state index contributed by atoms with van der Waals surface area (Å²) < 4.78 is 0. The fraction of sp³-hybridized carbons (Fsp3) is 0.118. The number of hydrogen-bond donors (Lipinski definition) is 1. The Hall–Kier alpha value is -2.00. The average Bonchev–Trinajstić information content (AvgIpc) is 2.84. The van der Waals surface area contributed by atoms with Crippen LogP contribution in [0.4, 0.5) is 0 Å². The topological polar surface area (TPSA) is 43.1 Å². The molecule has 2 nitrogen and oxygen atoms in total. The monoisotopic (exact) mass is 281 g/mol. The lowest BCUT2D eigenvalue weighted by atomic mass is 10.0. The Labute approximate surface area is 122 Å². The highest BCUT2D eigenvalue weighted by Gasteiger charge is 2.28. The minimum absolute atomic E-state index is 0.0324. The Bertz CT molecular complexity index is 718. The summed E-state index contributed by atoms with van der Waals surface area (Å²) in [6.07, 6.45) is 0.956. The van der Waals surface area contributed by atoms with E-state index in [1.807, 2.05) is 36.4 Å². The van der Waals surface area contributed by atoms with Gasteiger partial charge in [0.15, 0.2) is 0 Å². The average molecular weight is 281 g/mol. The van der Waals surface area contributed by atoms with Crippen LogP contribution >= 0.6 is 11.8 Å². The number of nitrogens with two attached hydrogens (primary N) is 1. The van der Waals surface area contributed by atoms with Gasteiger partial charge >= 0.3 is 0 Å². The summed E-state index contributed by atoms with van der Waals surface area (Å²) in [6, 6.07) is 15.7. The van der Waals surface area contributed by atoms with Gasteiger partial charge in [0.1, 0.15) is 0 Å². The number of Topliss-reactive ketones (excluding diaryl/α,β-unsaturated/α-hetero) is 1. The first kappa shape index (κ1) is 13.0. The molecule has 0 bridgehead atoms. The van der Waals surface area contributed by atoms with Gasteiger partial charge < -0.3 is 5.73 Å². The van der Waals surface area contributed by atoms with E-state index in [4.69, 9.17) is 5.73 Å². The largest absolute Gasteiger partial charge is 0.397 e. The highest BCUT2D eigenvalue weighted by molar-refractivity contribution is 8.05. The summed E-state index contributed by atoms with van der Waals surface area (Å²) in [5.74, 6) is 0.0324. The van der Waals surface area contributed by atoms with E-state index in [0.29, 0.717) is 10.6 Å². The Morgan fingerprint density at radius 1 is 1.15 bits per heavy atom. The molecule has 20 heavy (non-hydrogen) atoms. The Kier molecular flexibility index (Phi) is 3.36. The molecule has 3 rings (SSSR count). The van der Waals surface area contributed by atoms with Crippen LogP contribution in [0, 0.1) is 0 Å². The molecule has 2 N–H and O–H groups in total. The Morgan fingerprint density at radius 2 is 1.95 bits per heavy atom. The fourth-order valence-corrected chi connectivity index (χ4v) is 3.36. The second kappa shape index (κ2) is 5.17. The zero-order valence-electron chi connectivity index (χ0n) is 11.2. The second-order valence-electron chi connectivity index (χ2n) is 4.72. The Balaban J connectivity index is 2.06. The molecule has 1 heterocycles. The van der Waals surface area contributed by atoms with E-state index in [-0.39, 0.29) is 5.78 Å². The molecule has 0 atom stereocenters. The fourth-order valence-electron chi connectivity index (χ4n) is 2.29. The lowest BCUT2D eigenvalue weighted by Crippen LogP contribution is -2.05. The van der Waals surface area contributed by atoms with Crippen LogP contribution in [0.1, 0.15) is 28.4 Å². The predicted molar refractivity (Wildman–Crippen MR) is 83.6 cm³/mol. The smallest absolute Gasteiger partial charge is 0.202 e. The van der Waals surface area contributed by atoms with Crippen LogP contribution in [-0.2, 0) is 6.42 Å². The zero-order valence-corrected chi connectivity index (χ0v) is 12.0. The SMILES string of the molecule is CCc1cccc(C(N)=C2Sc3ccccc3C2=O)c1. The number of carbonyl (C=O) groups is 1. The van der Waals surface area contributed by atoms with E-state index in [1.54, 1.807) is 0 Å². The quantitative estimate of drug-likeness (QED) is 0.850. The van der Waals surface area contributed by atoms with Crippen molar-refractivity contribution in [3.63, 3.8) is 0 Å². The van der Waals surface area contributed by atoms with Crippen molar-refractivity contribution in [1.82, 2.24) is 0 Å². The first-order chi connectivity index (χ1) is 9.70. The second-order valence-corrected chi connectivity index (χ2v) is 5.78. The maximum atomic E-state index is 12.4. The van der Waals surface area contributed by atoms with E-state index in [1.165, 1.54) is 17.3 Å². The Morgan fingerprint density at radius 3 is 2.70 bits per heavy atom. The molecule has 1 aliphatic heterocycles. The van der Waals surface area contributed by atoms with Crippen molar-refractivity contribution in [3.8, 4) is 0 Å². The molecule has 100 valence electrons. The normalized spacial score (nSPS) is 16.1. The van der Waals surface area contributed by atoms with Crippen LogP contribution in [0.3, 0.4) is 0 Å². The molecule has 0 aliphatic carbocycles. The van der Waals surface area contributed by atoms with E-state index in [2.05, 4.69) is 19.1 Å². The van der Waals surface area contributed by atoms with Crippen LogP contribution in [0.5, 0.6) is 0 Å². The number of hydrogen-bond acceptors (Lipinski definition) is 3. The van der Waals surface area contributed by atoms with Crippen LogP contribution in [0.15, 0.2) is 58.3 Å². The van der Waals surface area contributed by atoms with Crippen molar-refractivity contribution in [3.05, 3.63) is 70.1 Å². The lowest BCUT2D eigenvalue weighted by Gasteiger charge is -2.06. The van der Waals surface area contributed by atoms with Crippen LogP contribution in [0.25, 0.3) is 5.70 Å². The van der Waals surface area contributed by atoms with Gasteiger partial charge in [-0.3, -0.25) is 4.79 Å². The maximum Gasteiger partial charge on any atom is 0.202 e. The molecular formula is C17H15NOS. The van der Waals surface area contributed by atoms with E-state index in [9.17, 15) is 4.79 Å². The van der Waals surface area contributed by atoms with Crippen LogP contribution < -0.4 is 5.73 Å². The molecule has 0 aromatic heterocycles. The van der Waals surface area contributed by atoms with Crippen molar-refractivity contribution < 1.29 is 4.79 Å². The minimum Gasteiger partial charge on any atom is -0.397 e. The summed E-state index contributed by atoms with van der Waals surface area (Å²) in [4.78, 5) is 14.0. The summed E-state index contributed by atoms with van der Waals surface area (Å²) in [5.41, 5.74) is 9.70. The van der Waals surface area contributed by atoms with Gasteiger partial charge in [0.05, 0.1) is 10.6 Å². The molecular weight excluding hydrogens is 266 g/mol. The molecule has 0 saturated carbocycles. The zero-order chi connectivity index (χ0) is 14.1. The highest BCUT2D eigenvalue weighted by atomic mass is 32.2. The molecule has 2 aromatic rings. The van der Waals surface area contributed by atoms with Crippen molar-refractivity contribution in [2.45, 2.75) is 18.2 Å². The summed E-state index contributed by atoms with van der Waals surface area (Å²) >= 11 is 1.47. The van der Waals surface area contributed by atoms with Crippen molar-refractivity contribution in [2.24, 2.45) is 5.73 Å². The van der Waals surface area contributed by atoms with Crippen molar-refractivity contribution >= 4 is 23.2 Å². The van der Waals surface area contributed by atoms with Gasteiger partial charge in [-0.1, -0.05) is 49.0 Å². The molecule has 0 spiro atoms. The number of aryl methyl sites for hydroxylation is 1. The van der Waals surface area contributed by atoms with Crippen molar-refractivity contribution in [2.75, 3.05) is 0 Å². The number of carbonyl (C=O) groups excluding carboxylic acids is 1. The van der Waals surface area contributed by atoms with Gasteiger partial charge in [-0.25, -0.2) is 0 Å². The number of allylic oxidation sites excluding steroid dienone is 1. The predicted octanol–water partition coefficient (Wildman–Crippen LogP) is 3.86. The summed E-state index contributed by atoms with van der Waals surface area (Å²) in [5, 5.41) is 0. The molecule has 2 aromatic carbocycles. The first-order valence-electron chi connectivity index (χ1n) is 6.61. The van der Waals surface area contributed by atoms with Crippen LogP contribution in [-0.4, -0.2) is 5.78 Å². The number of rotatable bonds is 2. The summed E-state index contributed by atoms with van der Waals surface area (Å²) in [6.45, 7) is 2.10. The molecule has 0 radical (unpaired) electrons. The standard InChI is InChI=1S/C17H15NOS/c1-2-11-6-5-7-12(10-11)15(18)17-16(19)13-8-3-4-9-14(13)20-17/h3-10H,2,18H2,1H3. The highest BCUT2D eigenvalue weighted by Crippen LogP contribution is 2.42. The molecule has 0 unspecified atom stereocenters. The van der Waals surface area contributed by atoms with Crippen LogP contribution in [0.2, 0.25) is 0 Å². The van der Waals surface area contributed by atoms with E-state index >= 15 is 0 Å². The number of benzene rings is 2. The van der Waals surface area contributed by atoms with Crippen molar-refractivity contribution in [1.29, 1.82) is 0 Å². The number of ketones is 1. The molecule has 0 saturated heterocycles. The van der Waals surface area contributed by atoms with Gasteiger partial charge in [-0.05, 0) is 35.7 Å². The molecule has 0 amide bonds. The van der Waals surface area contributed by atoms with E-state index in [0.717, 1.165) is 22.4 Å². The third-order valence-electron chi connectivity index (χ3n) is 3.44.